The Morgan fingerprint density at radius 3 is 2.77 bits per heavy atom. The molecular formula is C21H18Cl2N4O4. The van der Waals surface area contributed by atoms with Crippen LogP contribution in [0.3, 0.4) is 0 Å². The van der Waals surface area contributed by atoms with Crippen LogP contribution in [0.5, 0.6) is 0 Å². The maximum atomic E-state index is 13.3. The van der Waals surface area contributed by atoms with E-state index in [9.17, 15) is 14.7 Å². The van der Waals surface area contributed by atoms with E-state index in [0.29, 0.717) is 40.7 Å². The molecule has 2 aromatic heterocycles. The lowest BCUT2D eigenvalue weighted by atomic mass is 9.96. The molecule has 1 unspecified atom stereocenters. The van der Waals surface area contributed by atoms with Crippen molar-refractivity contribution in [2.24, 2.45) is 5.92 Å². The molecule has 2 atom stereocenters. The van der Waals surface area contributed by atoms with Crippen LogP contribution in [0, 0.1) is 5.92 Å². The van der Waals surface area contributed by atoms with Crippen molar-refractivity contribution in [1.82, 2.24) is 19.8 Å². The second-order valence-electron chi connectivity index (χ2n) is 8.00. The highest BCUT2D eigenvalue weighted by atomic mass is 35.5. The number of rotatable bonds is 2. The standard InChI is InChI=1S/C21H18Cl2N4O4/c1-10-4-17-14(8-26(10)20(28)11-2-3-15(22)16(23)6-11)19-18-13(9-31-25-18)5-12(21(29)30)7-27(19)24-17/h2-3,6,9-10,12H,4-5,7-8H2,1H3,(H,29,30)/t10-,12?/m1/s1. The molecule has 0 spiro atoms. The normalized spacial score (nSPS) is 19.9. The summed E-state index contributed by atoms with van der Waals surface area (Å²) < 4.78 is 6.87. The van der Waals surface area contributed by atoms with Crippen LogP contribution in [0.1, 0.15) is 34.1 Å². The SMILES string of the molecule is C[C@@H]1Cc2nn3c(c2CN1C(=O)c1ccc(Cl)c(Cl)c1)-c1nocc1CC(C(=O)O)C3. The van der Waals surface area contributed by atoms with Crippen molar-refractivity contribution in [2.45, 2.75) is 38.9 Å². The van der Waals surface area contributed by atoms with Crippen LogP contribution in [0.25, 0.3) is 11.4 Å². The monoisotopic (exact) mass is 460 g/mol. The van der Waals surface area contributed by atoms with Crippen molar-refractivity contribution < 1.29 is 19.2 Å². The molecule has 8 nitrogen and oxygen atoms in total. The van der Waals surface area contributed by atoms with E-state index in [1.54, 1.807) is 27.8 Å². The molecule has 1 aromatic carbocycles. The number of carbonyl (C=O) groups is 2. The van der Waals surface area contributed by atoms with Crippen LogP contribution < -0.4 is 0 Å². The molecule has 0 fully saturated rings. The van der Waals surface area contributed by atoms with E-state index < -0.39 is 11.9 Å². The fourth-order valence-corrected chi connectivity index (χ4v) is 4.66. The topological polar surface area (TPSA) is 101 Å². The molecule has 3 aromatic rings. The molecule has 31 heavy (non-hydrogen) atoms. The molecule has 2 aliphatic heterocycles. The zero-order valence-corrected chi connectivity index (χ0v) is 18.0. The zero-order valence-electron chi connectivity index (χ0n) is 16.5. The van der Waals surface area contributed by atoms with Crippen molar-refractivity contribution in [3.8, 4) is 11.4 Å². The third-order valence-electron chi connectivity index (χ3n) is 5.99. The maximum absolute atomic E-state index is 13.3. The number of hydrogen-bond donors (Lipinski definition) is 1. The summed E-state index contributed by atoms with van der Waals surface area (Å²) in [6, 6.07) is 4.74. The zero-order chi connectivity index (χ0) is 21.9. The first kappa shape index (κ1) is 20.1. The first-order valence-electron chi connectivity index (χ1n) is 9.84. The van der Waals surface area contributed by atoms with Crippen LogP contribution in [0.4, 0.5) is 0 Å². The number of nitrogens with zero attached hydrogens (tertiary/aromatic N) is 4. The lowest BCUT2D eigenvalue weighted by Crippen LogP contribution is -2.42. The van der Waals surface area contributed by atoms with Crippen molar-refractivity contribution in [2.75, 3.05) is 0 Å². The fourth-order valence-electron chi connectivity index (χ4n) is 4.36. The minimum Gasteiger partial charge on any atom is -0.481 e. The molecule has 5 rings (SSSR count). The summed E-state index contributed by atoms with van der Waals surface area (Å²) in [6.07, 6.45) is 2.35. The molecule has 1 amide bonds. The van der Waals surface area contributed by atoms with Crippen molar-refractivity contribution in [3.63, 3.8) is 0 Å². The van der Waals surface area contributed by atoms with E-state index in [2.05, 4.69) is 5.16 Å². The number of carboxylic acid groups (broad SMARTS) is 1. The Morgan fingerprint density at radius 2 is 2.03 bits per heavy atom. The number of carbonyl (C=O) groups excluding carboxylic acids is 1. The molecule has 2 aliphatic rings. The number of carboxylic acids is 1. The molecule has 0 bridgehead atoms. The average Bonchev–Trinajstić information content (AvgIpc) is 3.28. The molecule has 0 saturated carbocycles. The van der Waals surface area contributed by atoms with Gasteiger partial charge in [-0.1, -0.05) is 28.4 Å². The van der Waals surface area contributed by atoms with Crippen LogP contribution in [0.15, 0.2) is 29.0 Å². The van der Waals surface area contributed by atoms with Gasteiger partial charge in [0, 0.05) is 29.2 Å². The van der Waals surface area contributed by atoms with E-state index in [1.807, 2.05) is 6.92 Å². The first-order valence-corrected chi connectivity index (χ1v) is 10.6. The summed E-state index contributed by atoms with van der Waals surface area (Å²) in [5.74, 6) is -1.68. The van der Waals surface area contributed by atoms with Crippen LogP contribution in [-0.2, 0) is 30.7 Å². The molecule has 1 N–H and O–H groups in total. The van der Waals surface area contributed by atoms with E-state index >= 15 is 0 Å². The Bertz CT molecular complexity index is 1220. The Kier molecular flexibility index (Phi) is 4.79. The van der Waals surface area contributed by atoms with Crippen LogP contribution in [0.2, 0.25) is 10.0 Å². The van der Waals surface area contributed by atoms with Gasteiger partial charge in [-0.3, -0.25) is 14.3 Å². The molecule has 0 aliphatic carbocycles. The minimum atomic E-state index is -0.890. The number of aromatic nitrogens is 3. The summed E-state index contributed by atoms with van der Waals surface area (Å²) in [7, 11) is 0. The summed E-state index contributed by atoms with van der Waals surface area (Å²) in [5, 5.41) is 19.2. The van der Waals surface area contributed by atoms with Gasteiger partial charge in [0.25, 0.3) is 5.91 Å². The predicted molar refractivity (Wildman–Crippen MR) is 112 cm³/mol. The number of aliphatic carboxylic acids is 1. The van der Waals surface area contributed by atoms with E-state index in [1.165, 1.54) is 6.26 Å². The highest BCUT2D eigenvalue weighted by Gasteiger charge is 2.37. The maximum Gasteiger partial charge on any atom is 0.308 e. The highest BCUT2D eigenvalue weighted by Crippen LogP contribution is 2.37. The predicted octanol–water partition coefficient (Wildman–Crippen LogP) is 3.69. The summed E-state index contributed by atoms with van der Waals surface area (Å²) in [5.41, 5.74) is 4.22. The van der Waals surface area contributed by atoms with Crippen molar-refractivity contribution in [3.05, 3.63) is 56.9 Å². The molecule has 160 valence electrons. The van der Waals surface area contributed by atoms with Gasteiger partial charge in [-0.05, 0) is 31.5 Å². The van der Waals surface area contributed by atoms with Gasteiger partial charge >= 0.3 is 5.97 Å². The third kappa shape index (κ3) is 3.30. The number of fused-ring (bicyclic) bond motifs is 5. The Balaban J connectivity index is 1.56. The molecular weight excluding hydrogens is 443 g/mol. The van der Waals surface area contributed by atoms with Crippen molar-refractivity contribution in [1.29, 1.82) is 0 Å². The van der Waals surface area contributed by atoms with Gasteiger partial charge in [0.2, 0.25) is 0 Å². The highest BCUT2D eigenvalue weighted by molar-refractivity contribution is 6.42. The van der Waals surface area contributed by atoms with E-state index in [4.69, 9.17) is 32.8 Å². The van der Waals surface area contributed by atoms with Crippen LogP contribution in [-0.4, -0.2) is 42.9 Å². The van der Waals surface area contributed by atoms with Crippen LogP contribution >= 0.6 is 23.2 Å². The third-order valence-corrected chi connectivity index (χ3v) is 6.73. The largest absolute Gasteiger partial charge is 0.481 e. The van der Waals surface area contributed by atoms with E-state index in [0.717, 1.165) is 22.5 Å². The average molecular weight is 461 g/mol. The summed E-state index contributed by atoms with van der Waals surface area (Å²) >= 11 is 12.1. The quantitative estimate of drug-likeness (QED) is 0.625. The second kappa shape index (κ2) is 7.39. The summed E-state index contributed by atoms with van der Waals surface area (Å²) in [4.78, 5) is 26.8. The number of halogens is 2. The Labute approximate surface area is 187 Å². The smallest absolute Gasteiger partial charge is 0.308 e. The van der Waals surface area contributed by atoms with Gasteiger partial charge < -0.3 is 14.5 Å². The molecule has 0 saturated heterocycles. The number of amides is 1. The Morgan fingerprint density at radius 1 is 1.23 bits per heavy atom. The molecule has 0 radical (unpaired) electrons. The van der Waals surface area contributed by atoms with Gasteiger partial charge in [0.1, 0.15) is 12.0 Å². The Hall–Kier alpha value is -2.84. The lowest BCUT2D eigenvalue weighted by Gasteiger charge is -2.33. The molecule has 4 heterocycles. The van der Waals surface area contributed by atoms with Crippen molar-refractivity contribution >= 4 is 35.1 Å². The number of benzene rings is 1. The number of hydrogen-bond acceptors (Lipinski definition) is 5. The lowest BCUT2D eigenvalue weighted by molar-refractivity contribution is -0.142. The van der Waals surface area contributed by atoms with Gasteiger partial charge in [0.05, 0.1) is 40.4 Å². The minimum absolute atomic E-state index is 0.0966. The second-order valence-corrected chi connectivity index (χ2v) is 8.81. The van der Waals surface area contributed by atoms with E-state index in [-0.39, 0.29) is 18.5 Å². The fraction of sp³-hybridized carbons (Fsp3) is 0.333. The first-order chi connectivity index (χ1) is 14.8. The van der Waals surface area contributed by atoms with Gasteiger partial charge in [0.15, 0.2) is 0 Å². The summed E-state index contributed by atoms with van der Waals surface area (Å²) in [6.45, 7) is 2.53. The van der Waals surface area contributed by atoms with Gasteiger partial charge in [-0.2, -0.15) is 5.10 Å². The van der Waals surface area contributed by atoms with Gasteiger partial charge in [-0.15, -0.1) is 0 Å². The van der Waals surface area contributed by atoms with Gasteiger partial charge in [-0.25, -0.2) is 0 Å². The molecule has 10 heteroatoms.